The Morgan fingerprint density at radius 3 is 2.52 bits per heavy atom. The Labute approximate surface area is 157 Å². The van der Waals surface area contributed by atoms with Crippen LogP contribution in [0.2, 0.25) is 0 Å². The second-order valence-corrected chi connectivity index (χ2v) is 5.77. The fraction of sp³-hybridized carbons (Fsp3) is 0.529. The number of nitro benzene ring substituents is 1. The zero-order valence-electron chi connectivity index (χ0n) is 15.7. The summed E-state index contributed by atoms with van der Waals surface area (Å²) < 4.78 is 5.07. The summed E-state index contributed by atoms with van der Waals surface area (Å²) in [5.41, 5.74) is -0.0952. The van der Waals surface area contributed by atoms with E-state index in [0.717, 1.165) is 13.1 Å². The molecule has 0 aromatic heterocycles. The quantitative estimate of drug-likeness (QED) is 0.364. The number of non-ortho nitro benzene ring substituents is 1. The number of benzene rings is 1. The molecule has 0 saturated heterocycles. The first kappa shape index (κ1) is 22.3. The van der Waals surface area contributed by atoms with Crippen molar-refractivity contribution in [3.05, 3.63) is 28.3 Å². The number of nitrogens with one attached hydrogen (secondary N) is 2. The van der Waals surface area contributed by atoms with Gasteiger partial charge in [0.1, 0.15) is 11.8 Å². The van der Waals surface area contributed by atoms with E-state index in [1.54, 1.807) is 0 Å². The van der Waals surface area contributed by atoms with Gasteiger partial charge in [-0.05, 0) is 19.2 Å². The Morgan fingerprint density at radius 2 is 2.00 bits per heavy atom. The van der Waals surface area contributed by atoms with Crippen LogP contribution in [-0.4, -0.2) is 66.1 Å². The third kappa shape index (κ3) is 7.19. The first-order valence-corrected chi connectivity index (χ1v) is 8.63. The van der Waals surface area contributed by atoms with E-state index >= 15 is 0 Å². The number of hydrogen-bond acceptors (Lipinski definition) is 7. The maximum Gasteiger partial charge on any atom is 0.321 e. The molecular weight excluding hydrogens is 356 g/mol. The fourth-order valence-electron chi connectivity index (χ4n) is 2.48. The number of carbonyl (C=O) groups excluding carboxylic acids is 1. The second-order valence-electron chi connectivity index (χ2n) is 5.77. The molecule has 0 unspecified atom stereocenters. The second kappa shape index (κ2) is 11.1. The Bertz CT molecular complexity index is 663. The van der Waals surface area contributed by atoms with E-state index in [4.69, 9.17) is 4.74 Å². The number of carboxylic acid groups (broad SMARTS) is 1. The Morgan fingerprint density at radius 1 is 1.33 bits per heavy atom. The van der Waals surface area contributed by atoms with E-state index in [1.165, 1.54) is 25.3 Å². The van der Waals surface area contributed by atoms with Crippen LogP contribution in [0.4, 0.5) is 11.4 Å². The van der Waals surface area contributed by atoms with Gasteiger partial charge in [-0.1, -0.05) is 13.8 Å². The zero-order valence-corrected chi connectivity index (χ0v) is 15.7. The molecule has 0 radical (unpaired) electrons. The first-order chi connectivity index (χ1) is 12.8. The lowest BCUT2D eigenvalue weighted by molar-refractivity contribution is -0.384. The van der Waals surface area contributed by atoms with Crippen LogP contribution in [0.3, 0.4) is 0 Å². The van der Waals surface area contributed by atoms with Gasteiger partial charge in [-0.2, -0.15) is 0 Å². The summed E-state index contributed by atoms with van der Waals surface area (Å²) in [6, 6.07) is 2.72. The summed E-state index contributed by atoms with van der Waals surface area (Å²) >= 11 is 0. The highest BCUT2D eigenvalue weighted by Crippen LogP contribution is 2.28. The predicted molar refractivity (Wildman–Crippen MR) is 100 cm³/mol. The summed E-state index contributed by atoms with van der Waals surface area (Å²) in [7, 11) is 1.37. The number of rotatable bonds is 12. The van der Waals surface area contributed by atoms with Crippen molar-refractivity contribution >= 4 is 23.3 Å². The minimum Gasteiger partial charge on any atom is -0.495 e. The van der Waals surface area contributed by atoms with Crippen LogP contribution in [0, 0.1) is 10.1 Å². The molecule has 1 amide bonds. The third-order valence-electron chi connectivity index (χ3n) is 4.07. The molecule has 1 rings (SSSR count). The van der Waals surface area contributed by atoms with E-state index in [9.17, 15) is 24.8 Å². The van der Waals surface area contributed by atoms with Crippen LogP contribution in [0.25, 0.3) is 0 Å². The number of nitrogens with zero attached hydrogens (tertiary/aromatic N) is 2. The number of aliphatic carboxylic acids is 1. The topological polar surface area (TPSA) is 134 Å². The van der Waals surface area contributed by atoms with E-state index in [-0.39, 0.29) is 23.5 Å². The molecule has 150 valence electrons. The van der Waals surface area contributed by atoms with Crippen LogP contribution in [0.1, 0.15) is 20.3 Å². The lowest BCUT2D eigenvalue weighted by Crippen LogP contribution is -2.43. The summed E-state index contributed by atoms with van der Waals surface area (Å²) in [6.45, 7) is 6.81. The van der Waals surface area contributed by atoms with Gasteiger partial charge in [-0.15, -0.1) is 0 Å². The lowest BCUT2D eigenvalue weighted by atomic mass is 10.2. The van der Waals surface area contributed by atoms with E-state index in [2.05, 4.69) is 15.5 Å². The SMILES string of the molecule is CCN(CC)CCN[C@@H](CC(=O)Nc1cc([N+](=O)[O-])ccc1OC)C(=O)O. The highest BCUT2D eigenvalue weighted by molar-refractivity contribution is 5.95. The Hall–Kier alpha value is -2.72. The first-order valence-electron chi connectivity index (χ1n) is 8.63. The van der Waals surface area contributed by atoms with Crippen molar-refractivity contribution in [2.45, 2.75) is 26.3 Å². The van der Waals surface area contributed by atoms with Crippen molar-refractivity contribution < 1.29 is 24.4 Å². The van der Waals surface area contributed by atoms with Gasteiger partial charge in [0, 0.05) is 25.2 Å². The molecule has 0 fully saturated rings. The van der Waals surface area contributed by atoms with Gasteiger partial charge in [0.2, 0.25) is 5.91 Å². The number of carboxylic acids is 1. The van der Waals surface area contributed by atoms with Crippen molar-refractivity contribution in [3.63, 3.8) is 0 Å². The summed E-state index contributed by atoms with van der Waals surface area (Å²) in [6.07, 6.45) is -0.320. The molecule has 0 aliphatic heterocycles. The number of ether oxygens (including phenoxy) is 1. The Balaban J connectivity index is 2.73. The number of likely N-dealkylation sites (N-methyl/N-ethyl adjacent to an activating group) is 1. The van der Waals surface area contributed by atoms with Crippen molar-refractivity contribution in [1.82, 2.24) is 10.2 Å². The largest absolute Gasteiger partial charge is 0.495 e. The number of anilines is 1. The van der Waals surface area contributed by atoms with Gasteiger partial charge in [0.05, 0.1) is 24.1 Å². The lowest BCUT2D eigenvalue weighted by Gasteiger charge is -2.20. The average Bonchev–Trinajstić information content (AvgIpc) is 2.63. The molecule has 0 spiro atoms. The molecule has 0 aliphatic rings. The van der Waals surface area contributed by atoms with Gasteiger partial charge < -0.3 is 25.4 Å². The molecule has 1 aromatic carbocycles. The fourth-order valence-corrected chi connectivity index (χ4v) is 2.48. The van der Waals surface area contributed by atoms with Gasteiger partial charge >= 0.3 is 5.97 Å². The molecule has 0 bridgehead atoms. The summed E-state index contributed by atoms with van der Waals surface area (Å²) in [5.74, 6) is -1.48. The molecule has 10 heteroatoms. The molecule has 0 saturated carbocycles. The monoisotopic (exact) mass is 382 g/mol. The van der Waals surface area contributed by atoms with Gasteiger partial charge in [-0.25, -0.2) is 0 Å². The normalized spacial score (nSPS) is 11.9. The summed E-state index contributed by atoms with van der Waals surface area (Å²) in [4.78, 5) is 36.1. The van der Waals surface area contributed by atoms with Crippen LogP contribution in [0.15, 0.2) is 18.2 Å². The molecular formula is C17H26N4O6. The maximum atomic E-state index is 12.2. The number of nitro groups is 1. The molecule has 0 heterocycles. The van der Waals surface area contributed by atoms with Crippen LogP contribution >= 0.6 is 0 Å². The van der Waals surface area contributed by atoms with Gasteiger partial charge in [-0.3, -0.25) is 19.7 Å². The molecule has 0 aliphatic carbocycles. The number of amides is 1. The summed E-state index contributed by atoms with van der Waals surface area (Å²) in [5, 5.41) is 25.5. The highest BCUT2D eigenvalue weighted by Gasteiger charge is 2.22. The molecule has 27 heavy (non-hydrogen) atoms. The zero-order chi connectivity index (χ0) is 20.4. The van der Waals surface area contributed by atoms with Crippen molar-refractivity contribution in [3.8, 4) is 5.75 Å². The molecule has 10 nitrogen and oxygen atoms in total. The number of carbonyl (C=O) groups is 2. The van der Waals surface area contributed by atoms with Gasteiger partial charge in [0.15, 0.2) is 0 Å². The van der Waals surface area contributed by atoms with E-state index in [1.807, 2.05) is 13.8 Å². The minimum absolute atomic E-state index is 0.115. The minimum atomic E-state index is -1.14. The molecule has 3 N–H and O–H groups in total. The number of methoxy groups -OCH3 is 1. The number of hydrogen-bond donors (Lipinski definition) is 3. The highest BCUT2D eigenvalue weighted by atomic mass is 16.6. The van der Waals surface area contributed by atoms with Crippen molar-refractivity contribution in [2.75, 3.05) is 38.6 Å². The molecule has 1 atom stereocenters. The van der Waals surface area contributed by atoms with E-state index in [0.29, 0.717) is 13.1 Å². The average molecular weight is 382 g/mol. The standard InChI is InChI=1S/C17H26N4O6/c1-4-20(5-2)9-8-18-14(17(23)24)11-16(22)19-13-10-12(21(25)26)6-7-15(13)27-3/h6-7,10,14,18H,4-5,8-9,11H2,1-3H3,(H,19,22)(H,23,24)/t14-/m0/s1. The van der Waals surface area contributed by atoms with Crippen LogP contribution < -0.4 is 15.4 Å². The third-order valence-corrected chi connectivity index (χ3v) is 4.07. The van der Waals surface area contributed by atoms with Crippen molar-refractivity contribution in [2.24, 2.45) is 0 Å². The van der Waals surface area contributed by atoms with Crippen molar-refractivity contribution in [1.29, 1.82) is 0 Å². The van der Waals surface area contributed by atoms with Gasteiger partial charge in [0.25, 0.3) is 5.69 Å². The molecule has 1 aromatic rings. The predicted octanol–water partition coefficient (Wildman–Crippen LogP) is 1.32. The van der Waals surface area contributed by atoms with Crippen LogP contribution in [0.5, 0.6) is 5.75 Å². The van der Waals surface area contributed by atoms with E-state index < -0.39 is 22.8 Å². The maximum absolute atomic E-state index is 12.2. The Kier molecular flexibility index (Phi) is 9.17. The van der Waals surface area contributed by atoms with Crippen LogP contribution in [-0.2, 0) is 9.59 Å². The smallest absolute Gasteiger partial charge is 0.321 e.